The van der Waals surface area contributed by atoms with E-state index in [1.54, 1.807) is 40.9 Å². The monoisotopic (exact) mass is 350 g/mol. The van der Waals surface area contributed by atoms with Crippen LogP contribution in [0, 0.1) is 0 Å². The van der Waals surface area contributed by atoms with Gasteiger partial charge in [0.25, 0.3) is 0 Å². The van der Waals surface area contributed by atoms with Crippen molar-refractivity contribution in [2.24, 2.45) is 5.73 Å². The zero-order valence-electron chi connectivity index (χ0n) is 13.6. The van der Waals surface area contributed by atoms with Gasteiger partial charge < -0.3 is 21.3 Å². The predicted octanol–water partition coefficient (Wildman–Crippen LogP) is 1.54. The summed E-state index contributed by atoms with van der Waals surface area (Å²) in [4.78, 5) is 36.8. The number of carbonyl (C=O) groups excluding carboxylic acids is 3. The van der Waals surface area contributed by atoms with Crippen LogP contribution in [0.2, 0.25) is 0 Å². The highest BCUT2D eigenvalue weighted by Gasteiger charge is 2.22. The lowest BCUT2D eigenvalue weighted by Crippen LogP contribution is -2.46. The fourth-order valence-corrected chi connectivity index (χ4v) is 3.02. The fraction of sp³-hybridized carbons (Fsp3) is 0.438. The van der Waals surface area contributed by atoms with E-state index in [1.807, 2.05) is 6.26 Å². The van der Waals surface area contributed by atoms with Gasteiger partial charge in [-0.3, -0.25) is 9.59 Å². The van der Waals surface area contributed by atoms with Gasteiger partial charge in [-0.2, -0.15) is 11.8 Å². The van der Waals surface area contributed by atoms with Gasteiger partial charge >= 0.3 is 6.03 Å². The number of carbonyl (C=O) groups is 3. The van der Waals surface area contributed by atoms with E-state index in [-0.39, 0.29) is 11.8 Å². The van der Waals surface area contributed by atoms with Crippen LogP contribution in [0.5, 0.6) is 0 Å². The van der Waals surface area contributed by atoms with Crippen molar-refractivity contribution >= 4 is 41.0 Å². The number of anilines is 2. The SMILES string of the molecule is CSCC[C@@H](NC(N)=O)C(=O)Nc1ccc(N2CCCC2=O)cc1. The van der Waals surface area contributed by atoms with E-state index in [0.29, 0.717) is 18.5 Å². The molecular formula is C16H22N4O3S. The molecule has 1 atom stereocenters. The van der Waals surface area contributed by atoms with Crippen molar-refractivity contribution in [2.45, 2.75) is 25.3 Å². The molecule has 1 aromatic rings. The number of amides is 4. The number of nitrogens with zero attached hydrogens (tertiary/aromatic N) is 1. The third-order valence-corrected chi connectivity index (χ3v) is 4.41. The van der Waals surface area contributed by atoms with E-state index in [2.05, 4.69) is 10.6 Å². The second-order valence-electron chi connectivity index (χ2n) is 5.53. The molecule has 0 saturated carbocycles. The van der Waals surface area contributed by atoms with Crippen LogP contribution in [0.3, 0.4) is 0 Å². The molecule has 0 bridgehead atoms. The average Bonchev–Trinajstić information content (AvgIpc) is 2.98. The lowest BCUT2D eigenvalue weighted by molar-refractivity contribution is -0.118. The van der Waals surface area contributed by atoms with Crippen molar-refractivity contribution in [2.75, 3.05) is 28.8 Å². The maximum absolute atomic E-state index is 12.3. The maximum atomic E-state index is 12.3. The number of thioether (sulfide) groups is 1. The highest BCUT2D eigenvalue weighted by molar-refractivity contribution is 7.98. The van der Waals surface area contributed by atoms with Gasteiger partial charge in [-0.1, -0.05) is 0 Å². The number of rotatable bonds is 7. The Balaban J connectivity index is 1.99. The number of primary amides is 1. The van der Waals surface area contributed by atoms with Crippen LogP contribution >= 0.6 is 11.8 Å². The molecule has 130 valence electrons. The summed E-state index contributed by atoms with van der Waals surface area (Å²) >= 11 is 1.59. The Morgan fingerprint density at radius 1 is 1.33 bits per heavy atom. The third-order valence-electron chi connectivity index (χ3n) is 3.76. The van der Waals surface area contributed by atoms with Crippen LogP contribution in [0.1, 0.15) is 19.3 Å². The van der Waals surface area contributed by atoms with E-state index in [9.17, 15) is 14.4 Å². The molecule has 0 spiro atoms. The quantitative estimate of drug-likeness (QED) is 0.694. The lowest BCUT2D eigenvalue weighted by Gasteiger charge is -2.18. The molecule has 1 saturated heterocycles. The Hall–Kier alpha value is -2.22. The zero-order valence-corrected chi connectivity index (χ0v) is 14.4. The summed E-state index contributed by atoms with van der Waals surface area (Å²) < 4.78 is 0. The van der Waals surface area contributed by atoms with Crippen molar-refractivity contribution in [1.82, 2.24) is 5.32 Å². The third kappa shape index (κ3) is 4.89. The average molecular weight is 350 g/mol. The van der Waals surface area contributed by atoms with Gasteiger partial charge in [0, 0.05) is 24.3 Å². The summed E-state index contributed by atoms with van der Waals surface area (Å²) in [5.74, 6) is 0.538. The standard InChI is InChI=1S/C16H22N4O3S/c1-24-10-8-13(19-16(17)23)15(22)18-11-4-6-12(7-5-11)20-9-2-3-14(20)21/h4-7,13H,2-3,8-10H2,1H3,(H,18,22)(H3,17,19,23)/t13-/m1/s1. The van der Waals surface area contributed by atoms with Crippen LogP contribution in [0.25, 0.3) is 0 Å². The first-order chi connectivity index (χ1) is 11.5. The first-order valence-electron chi connectivity index (χ1n) is 7.77. The Morgan fingerprint density at radius 3 is 2.58 bits per heavy atom. The summed E-state index contributed by atoms with van der Waals surface area (Å²) in [6.45, 7) is 0.726. The Kier molecular flexibility index (Phi) is 6.48. The van der Waals surface area contributed by atoms with Crippen LogP contribution in [0.4, 0.5) is 16.2 Å². The second kappa shape index (κ2) is 8.58. The molecule has 2 rings (SSSR count). The van der Waals surface area contributed by atoms with E-state index in [0.717, 1.165) is 24.4 Å². The lowest BCUT2D eigenvalue weighted by atomic mass is 10.2. The molecule has 8 heteroatoms. The molecule has 1 fully saturated rings. The van der Waals surface area contributed by atoms with Gasteiger partial charge in [0.15, 0.2) is 0 Å². The van der Waals surface area contributed by atoms with E-state index < -0.39 is 12.1 Å². The summed E-state index contributed by atoms with van der Waals surface area (Å²) in [5, 5.41) is 5.22. The van der Waals surface area contributed by atoms with Crippen LogP contribution in [0.15, 0.2) is 24.3 Å². The predicted molar refractivity (Wildman–Crippen MR) is 96.2 cm³/mol. The first kappa shape index (κ1) is 18.1. The number of hydrogen-bond acceptors (Lipinski definition) is 4. The largest absolute Gasteiger partial charge is 0.352 e. The Morgan fingerprint density at radius 2 is 2.04 bits per heavy atom. The van der Waals surface area contributed by atoms with Gasteiger partial charge in [-0.25, -0.2) is 4.79 Å². The number of benzene rings is 1. The van der Waals surface area contributed by atoms with Gasteiger partial charge in [-0.15, -0.1) is 0 Å². The minimum atomic E-state index is -0.723. The molecule has 1 aliphatic rings. The Labute approximate surface area is 145 Å². The summed E-state index contributed by atoms with van der Waals surface area (Å²) in [6, 6.07) is 5.70. The number of urea groups is 1. The molecule has 0 radical (unpaired) electrons. The molecule has 1 aromatic carbocycles. The minimum absolute atomic E-state index is 0.120. The number of nitrogens with two attached hydrogens (primary N) is 1. The minimum Gasteiger partial charge on any atom is -0.352 e. The van der Waals surface area contributed by atoms with Crippen molar-refractivity contribution in [3.05, 3.63) is 24.3 Å². The first-order valence-corrected chi connectivity index (χ1v) is 9.17. The van der Waals surface area contributed by atoms with Gasteiger partial charge in [0.05, 0.1) is 0 Å². The highest BCUT2D eigenvalue weighted by atomic mass is 32.2. The maximum Gasteiger partial charge on any atom is 0.312 e. The number of hydrogen-bond donors (Lipinski definition) is 3. The van der Waals surface area contributed by atoms with Crippen LogP contribution in [-0.2, 0) is 9.59 Å². The summed E-state index contributed by atoms with van der Waals surface area (Å²) in [6.07, 6.45) is 3.87. The molecule has 1 heterocycles. The van der Waals surface area contributed by atoms with Gasteiger partial charge in [-0.05, 0) is 49.1 Å². The number of nitrogens with one attached hydrogen (secondary N) is 2. The fourth-order valence-electron chi connectivity index (χ4n) is 2.55. The Bertz CT molecular complexity index is 606. The molecular weight excluding hydrogens is 328 g/mol. The van der Waals surface area contributed by atoms with Crippen LogP contribution in [-0.4, -0.2) is 42.4 Å². The normalized spacial score (nSPS) is 15.2. The van der Waals surface area contributed by atoms with Crippen molar-refractivity contribution < 1.29 is 14.4 Å². The molecule has 7 nitrogen and oxygen atoms in total. The molecule has 24 heavy (non-hydrogen) atoms. The van der Waals surface area contributed by atoms with Crippen molar-refractivity contribution in [3.8, 4) is 0 Å². The molecule has 1 aliphatic heterocycles. The molecule has 4 amide bonds. The van der Waals surface area contributed by atoms with Crippen LogP contribution < -0.4 is 21.3 Å². The topological polar surface area (TPSA) is 105 Å². The smallest absolute Gasteiger partial charge is 0.312 e. The molecule has 0 aliphatic carbocycles. The highest BCUT2D eigenvalue weighted by Crippen LogP contribution is 2.23. The van der Waals surface area contributed by atoms with Gasteiger partial charge in [0.2, 0.25) is 11.8 Å². The van der Waals surface area contributed by atoms with E-state index in [4.69, 9.17) is 5.73 Å². The van der Waals surface area contributed by atoms with Gasteiger partial charge in [0.1, 0.15) is 6.04 Å². The molecule has 0 aromatic heterocycles. The van der Waals surface area contributed by atoms with Crippen molar-refractivity contribution in [1.29, 1.82) is 0 Å². The molecule has 0 unspecified atom stereocenters. The van der Waals surface area contributed by atoms with E-state index >= 15 is 0 Å². The summed E-state index contributed by atoms with van der Waals surface area (Å²) in [7, 11) is 0. The zero-order chi connectivity index (χ0) is 17.5. The van der Waals surface area contributed by atoms with Crippen molar-refractivity contribution in [3.63, 3.8) is 0 Å². The summed E-state index contributed by atoms with van der Waals surface area (Å²) in [5.41, 5.74) is 6.56. The van der Waals surface area contributed by atoms with E-state index in [1.165, 1.54) is 0 Å². The second-order valence-corrected chi connectivity index (χ2v) is 6.51. The molecule has 4 N–H and O–H groups in total.